The summed E-state index contributed by atoms with van der Waals surface area (Å²) in [5.74, 6) is 0.977. The van der Waals surface area contributed by atoms with Gasteiger partial charge in [0.15, 0.2) is 5.96 Å². The van der Waals surface area contributed by atoms with Crippen LogP contribution >= 0.6 is 11.6 Å². The molecule has 8 heteroatoms. The van der Waals surface area contributed by atoms with E-state index in [-0.39, 0.29) is 12.5 Å². The van der Waals surface area contributed by atoms with Crippen LogP contribution in [0.4, 0.5) is 5.69 Å². The fourth-order valence-electron chi connectivity index (χ4n) is 2.45. The Balaban J connectivity index is 1.76. The number of amides is 1. The summed E-state index contributed by atoms with van der Waals surface area (Å²) in [6, 6.07) is 10.4. The van der Waals surface area contributed by atoms with Gasteiger partial charge in [-0.3, -0.25) is 4.79 Å². The lowest BCUT2D eigenvalue weighted by Crippen LogP contribution is -2.39. The van der Waals surface area contributed by atoms with Crippen molar-refractivity contribution in [2.75, 3.05) is 25.0 Å². The maximum Gasteiger partial charge on any atom is 0.224 e. The van der Waals surface area contributed by atoms with E-state index in [9.17, 15) is 9.90 Å². The molecule has 0 saturated heterocycles. The van der Waals surface area contributed by atoms with Crippen LogP contribution in [-0.2, 0) is 10.4 Å². The van der Waals surface area contributed by atoms with Crippen molar-refractivity contribution in [2.24, 2.45) is 4.99 Å². The number of rotatable bonds is 9. The number of nitrogens with one attached hydrogen (secondary N) is 3. The van der Waals surface area contributed by atoms with E-state index in [1.807, 2.05) is 6.92 Å². The van der Waals surface area contributed by atoms with Gasteiger partial charge in [0.05, 0.1) is 12.8 Å². The highest BCUT2D eigenvalue weighted by Crippen LogP contribution is 2.21. The van der Waals surface area contributed by atoms with E-state index in [4.69, 9.17) is 16.0 Å². The number of furan rings is 1. The van der Waals surface area contributed by atoms with Crippen LogP contribution in [0, 0.1) is 0 Å². The summed E-state index contributed by atoms with van der Waals surface area (Å²) in [6.45, 7) is 5.02. The predicted octanol–water partition coefficient (Wildman–Crippen LogP) is 3.11. The molecule has 7 nitrogen and oxygen atoms in total. The Morgan fingerprint density at radius 1 is 1.25 bits per heavy atom. The molecule has 0 fully saturated rings. The van der Waals surface area contributed by atoms with Crippen LogP contribution in [0.1, 0.15) is 32.4 Å². The van der Waals surface area contributed by atoms with Gasteiger partial charge in [0.2, 0.25) is 5.91 Å². The van der Waals surface area contributed by atoms with Crippen LogP contribution in [0.15, 0.2) is 52.1 Å². The molecular weight excluding hydrogens is 380 g/mol. The normalized spacial score (nSPS) is 13.6. The topological polar surface area (TPSA) is 98.9 Å². The first kappa shape index (κ1) is 21.8. The maximum atomic E-state index is 12.0. The summed E-state index contributed by atoms with van der Waals surface area (Å²) >= 11 is 5.83. The number of nitrogens with zero attached hydrogens (tertiary/aromatic N) is 1. The van der Waals surface area contributed by atoms with Crippen LogP contribution in [0.25, 0.3) is 0 Å². The van der Waals surface area contributed by atoms with Gasteiger partial charge in [-0.25, -0.2) is 4.99 Å². The minimum Gasteiger partial charge on any atom is -0.466 e. The minimum absolute atomic E-state index is 0.0631. The molecule has 0 bridgehead atoms. The van der Waals surface area contributed by atoms with E-state index < -0.39 is 5.60 Å². The predicted molar refractivity (Wildman–Crippen MR) is 112 cm³/mol. The quantitative estimate of drug-likeness (QED) is 0.291. The molecule has 2 aromatic rings. The van der Waals surface area contributed by atoms with Gasteiger partial charge in [0, 0.05) is 30.2 Å². The monoisotopic (exact) mass is 406 g/mol. The minimum atomic E-state index is -1.19. The van der Waals surface area contributed by atoms with Crippen molar-refractivity contribution in [3.05, 3.63) is 53.4 Å². The van der Waals surface area contributed by atoms with Gasteiger partial charge in [-0.05, 0) is 56.7 Å². The number of benzene rings is 1. The Hall–Kier alpha value is -2.51. The van der Waals surface area contributed by atoms with Gasteiger partial charge in [-0.15, -0.1) is 0 Å². The van der Waals surface area contributed by atoms with E-state index in [0.717, 1.165) is 5.69 Å². The largest absolute Gasteiger partial charge is 0.466 e. The number of carbonyl (C=O) groups excluding carboxylic acids is 1. The van der Waals surface area contributed by atoms with Gasteiger partial charge in [-0.2, -0.15) is 0 Å². The molecule has 1 aromatic carbocycles. The smallest absolute Gasteiger partial charge is 0.224 e. The Labute approximate surface area is 170 Å². The Bertz CT molecular complexity index is 758. The third-order valence-electron chi connectivity index (χ3n) is 3.94. The summed E-state index contributed by atoms with van der Waals surface area (Å²) < 4.78 is 5.26. The lowest BCUT2D eigenvalue weighted by atomic mass is 10.0. The maximum absolute atomic E-state index is 12.0. The average Bonchev–Trinajstić information content (AvgIpc) is 3.21. The standard InChI is InChI=1S/C20H27ClN4O3/c1-3-22-19(24-14-20(2,27)17-6-5-13-28-17)23-12-4-7-18(26)25-16-10-8-15(21)9-11-16/h5-6,8-11,13,27H,3-4,7,12,14H2,1-2H3,(H,25,26)(H2,22,23,24). The molecule has 0 saturated carbocycles. The third kappa shape index (κ3) is 7.25. The summed E-state index contributed by atoms with van der Waals surface area (Å²) in [6.07, 6.45) is 2.53. The molecule has 28 heavy (non-hydrogen) atoms. The number of aliphatic imine (C=N–C) groups is 1. The summed E-state index contributed by atoms with van der Waals surface area (Å²) in [4.78, 5) is 16.4. The van der Waals surface area contributed by atoms with Gasteiger partial charge in [0.25, 0.3) is 0 Å². The molecule has 0 spiro atoms. The van der Waals surface area contributed by atoms with Crippen molar-refractivity contribution in [2.45, 2.75) is 32.3 Å². The molecular formula is C20H27ClN4O3. The lowest BCUT2D eigenvalue weighted by Gasteiger charge is -2.19. The van der Waals surface area contributed by atoms with Crippen molar-refractivity contribution in [3.63, 3.8) is 0 Å². The van der Waals surface area contributed by atoms with Gasteiger partial charge < -0.3 is 25.5 Å². The number of anilines is 1. The van der Waals surface area contributed by atoms with Crippen molar-refractivity contribution >= 4 is 29.2 Å². The highest BCUT2D eigenvalue weighted by Gasteiger charge is 2.26. The van der Waals surface area contributed by atoms with Crippen LogP contribution in [0.3, 0.4) is 0 Å². The highest BCUT2D eigenvalue weighted by molar-refractivity contribution is 6.30. The van der Waals surface area contributed by atoms with Crippen molar-refractivity contribution in [3.8, 4) is 0 Å². The van der Waals surface area contributed by atoms with E-state index in [1.54, 1.807) is 43.3 Å². The fraction of sp³-hybridized carbons (Fsp3) is 0.400. The van der Waals surface area contributed by atoms with Crippen LogP contribution in [-0.4, -0.2) is 36.6 Å². The Morgan fingerprint density at radius 3 is 2.64 bits per heavy atom. The molecule has 1 heterocycles. The highest BCUT2D eigenvalue weighted by atomic mass is 35.5. The summed E-state index contributed by atoms with van der Waals surface area (Å²) in [5.41, 5.74) is -0.470. The second-order valence-corrected chi connectivity index (χ2v) is 6.97. The number of halogens is 1. The molecule has 1 aromatic heterocycles. The van der Waals surface area contributed by atoms with E-state index in [2.05, 4.69) is 20.9 Å². The van der Waals surface area contributed by atoms with Gasteiger partial charge >= 0.3 is 0 Å². The fourth-order valence-corrected chi connectivity index (χ4v) is 2.58. The first-order valence-corrected chi connectivity index (χ1v) is 9.62. The van der Waals surface area contributed by atoms with E-state index in [1.165, 1.54) is 6.26 Å². The molecule has 0 aliphatic rings. The van der Waals surface area contributed by atoms with Crippen molar-refractivity contribution in [1.29, 1.82) is 0 Å². The second kappa shape index (κ2) is 10.7. The van der Waals surface area contributed by atoms with Crippen LogP contribution in [0.5, 0.6) is 0 Å². The molecule has 0 aliphatic carbocycles. The number of carbonyl (C=O) groups is 1. The zero-order valence-corrected chi connectivity index (χ0v) is 16.9. The molecule has 0 aliphatic heterocycles. The summed E-state index contributed by atoms with van der Waals surface area (Å²) in [5, 5.41) is 20.2. The number of guanidine groups is 1. The lowest BCUT2D eigenvalue weighted by molar-refractivity contribution is -0.116. The molecule has 0 radical (unpaired) electrons. The Kier molecular flexibility index (Phi) is 8.35. The molecule has 2 rings (SSSR count). The number of hydrogen-bond donors (Lipinski definition) is 4. The molecule has 1 atom stereocenters. The molecule has 1 amide bonds. The first-order valence-electron chi connectivity index (χ1n) is 9.24. The first-order chi connectivity index (χ1) is 13.4. The molecule has 152 valence electrons. The molecule has 4 N–H and O–H groups in total. The third-order valence-corrected chi connectivity index (χ3v) is 4.19. The zero-order valence-electron chi connectivity index (χ0n) is 16.2. The molecule has 1 unspecified atom stereocenters. The Morgan fingerprint density at radius 2 is 2.00 bits per heavy atom. The summed E-state index contributed by atoms with van der Waals surface area (Å²) in [7, 11) is 0. The van der Waals surface area contributed by atoms with E-state index in [0.29, 0.717) is 42.7 Å². The van der Waals surface area contributed by atoms with Gasteiger partial charge in [0.1, 0.15) is 11.4 Å². The van der Waals surface area contributed by atoms with Crippen LogP contribution < -0.4 is 16.0 Å². The number of aliphatic hydroxyl groups is 1. The van der Waals surface area contributed by atoms with Crippen LogP contribution in [0.2, 0.25) is 5.02 Å². The average molecular weight is 407 g/mol. The second-order valence-electron chi connectivity index (χ2n) is 6.53. The van der Waals surface area contributed by atoms with E-state index >= 15 is 0 Å². The SMILES string of the molecule is CCNC(=NCC(C)(O)c1ccco1)NCCCC(=O)Nc1ccc(Cl)cc1. The zero-order chi connectivity index (χ0) is 20.4. The number of hydrogen-bond acceptors (Lipinski definition) is 4. The van der Waals surface area contributed by atoms with Crippen molar-refractivity contribution < 1.29 is 14.3 Å². The van der Waals surface area contributed by atoms with Crippen molar-refractivity contribution in [1.82, 2.24) is 10.6 Å². The van der Waals surface area contributed by atoms with Gasteiger partial charge in [-0.1, -0.05) is 11.6 Å².